The van der Waals surface area contributed by atoms with Crippen LogP contribution in [0.2, 0.25) is 0 Å². The van der Waals surface area contributed by atoms with E-state index in [1.807, 2.05) is 20.0 Å². The summed E-state index contributed by atoms with van der Waals surface area (Å²) in [6.45, 7) is 3.72. The normalized spacial score (nSPS) is 10.7. The smallest absolute Gasteiger partial charge is 0.356 e. The predicted molar refractivity (Wildman–Crippen MR) is 56.8 cm³/mol. The van der Waals surface area contributed by atoms with Crippen LogP contribution in [0.1, 0.15) is 21.9 Å². The molecular formula is C10H12N4O2. The van der Waals surface area contributed by atoms with Crippen LogP contribution in [0.3, 0.4) is 0 Å². The van der Waals surface area contributed by atoms with Gasteiger partial charge < -0.3 is 5.11 Å². The van der Waals surface area contributed by atoms with Gasteiger partial charge in [0.05, 0.1) is 0 Å². The fourth-order valence-corrected chi connectivity index (χ4v) is 1.46. The van der Waals surface area contributed by atoms with Gasteiger partial charge in [0.2, 0.25) is 0 Å². The van der Waals surface area contributed by atoms with E-state index < -0.39 is 5.97 Å². The van der Waals surface area contributed by atoms with Crippen molar-refractivity contribution in [2.24, 2.45) is 7.05 Å². The highest BCUT2D eigenvalue weighted by molar-refractivity contribution is 5.85. The summed E-state index contributed by atoms with van der Waals surface area (Å²) in [6.07, 6.45) is 0. The van der Waals surface area contributed by atoms with Crippen LogP contribution in [0, 0.1) is 13.8 Å². The second-order valence-corrected chi connectivity index (χ2v) is 3.66. The molecule has 0 aromatic carbocycles. The molecule has 6 heteroatoms. The van der Waals surface area contributed by atoms with Gasteiger partial charge in [-0.25, -0.2) is 9.48 Å². The Bertz CT molecular complexity index is 534. The van der Waals surface area contributed by atoms with Crippen LogP contribution in [0.15, 0.2) is 12.1 Å². The zero-order valence-corrected chi connectivity index (χ0v) is 9.30. The quantitative estimate of drug-likeness (QED) is 0.816. The minimum absolute atomic E-state index is 0.0285. The molecule has 0 amide bonds. The van der Waals surface area contributed by atoms with Crippen molar-refractivity contribution in [3.63, 3.8) is 0 Å². The van der Waals surface area contributed by atoms with Gasteiger partial charge in [0, 0.05) is 24.5 Å². The van der Waals surface area contributed by atoms with Crippen molar-refractivity contribution in [2.75, 3.05) is 0 Å². The summed E-state index contributed by atoms with van der Waals surface area (Å²) in [5.74, 6) is -0.403. The summed E-state index contributed by atoms with van der Waals surface area (Å²) in [5, 5.41) is 17.0. The van der Waals surface area contributed by atoms with E-state index in [0.29, 0.717) is 5.82 Å². The maximum absolute atomic E-state index is 10.8. The van der Waals surface area contributed by atoms with Gasteiger partial charge in [0.25, 0.3) is 0 Å². The van der Waals surface area contributed by atoms with Gasteiger partial charge in [-0.05, 0) is 19.9 Å². The van der Waals surface area contributed by atoms with Crippen LogP contribution in [0.5, 0.6) is 0 Å². The monoisotopic (exact) mass is 220 g/mol. The first-order valence-corrected chi connectivity index (χ1v) is 4.80. The summed E-state index contributed by atoms with van der Waals surface area (Å²) in [7, 11) is 1.83. The lowest BCUT2D eigenvalue weighted by molar-refractivity contribution is 0.0690. The molecule has 2 aromatic heterocycles. The lowest BCUT2D eigenvalue weighted by Gasteiger charge is -1.97. The molecule has 2 heterocycles. The highest BCUT2D eigenvalue weighted by Gasteiger charge is 2.13. The van der Waals surface area contributed by atoms with E-state index in [1.54, 1.807) is 11.6 Å². The van der Waals surface area contributed by atoms with Crippen molar-refractivity contribution in [1.82, 2.24) is 19.6 Å². The highest BCUT2D eigenvalue weighted by Crippen LogP contribution is 2.11. The van der Waals surface area contributed by atoms with E-state index in [0.717, 1.165) is 11.4 Å². The standard InChI is InChI=1S/C10H12N4O2/c1-6-5-9(12-13(6)3)14-7(2)4-8(11-14)10(15)16/h4-5H,1-3H3,(H,15,16). The van der Waals surface area contributed by atoms with Crippen molar-refractivity contribution in [3.8, 4) is 5.82 Å². The first-order valence-electron chi connectivity index (χ1n) is 4.80. The Balaban J connectivity index is 2.51. The largest absolute Gasteiger partial charge is 0.476 e. The van der Waals surface area contributed by atoms with Crippen molar-refractivity contribution in [1.29, 1.82) is 0 Å². The zero-order valence-electron chi connectivity index (χ0n) is 9.30. The molecule has 0 saturated carbocycles. The molecule has 0 fully saturated rings. The van der Waals surface area contributed by atoms with Gasteiger partial charge in [-0.3, -0.25) is 4.68 Å². The Morgan fingerprint density at radius 1 is 1.25 bits per heavy atom. The number of carboxylic acid groups (broad SMARTS) is 1. The summed E-state index contributed by atoms with van der Waals surface area (Å²) in [4.78, 5) is 10.8. The Hall–Kier alpha value is -2.11. The summed E-state index contributed by atoms with van der Waals surface area (Å²) < 4.78 is 3.24. The molecule has 0 bridgehead atoms. The maximum Gasteiger partial charge on any atom is 0.356 e. The molecular weight excluding hydrogens is 208 g/mol. The SMILES string of the molecule is Cc1cc(-n2nc(C(=O)O)cc2C)nn1C. The molecule has 0 saturated heterocycles. The van der Waals surface area contributed by atoms with Gasteiger partial charge in [-0.15, -0.1) is 0 Å². The molecule has 0 atom stereocenters. The molecule has 0 aliphatic heterocycles. The Morgan fingerprint density at radius 2 is 1.94 bits per heavy atom. The van der Waals surface area contributed by atoms with Crippen molar-refractivity contribution >= 4 is 5.97 Å². The van der Waals surface area contributed by atoms with Crippen molar-refractivity contribution in [2.45, 2.75) is 13.8 Å². The molecule has 0 radical (unpaired) electrons. The Kier molecular flexibility index (Phi) is 2.26. The molecule has 2 aromatic rings. The number of hydrogen-bond acceptors (Lipinski definition) is 3. The van der Waals surface area contributed by atoms with Gasteiger partial charge in [-0.2, -0.15) is 10.2 Å². The zero-order chi connectivity index (χ0) is 11.9. The maximum atomic E-state index is 10.8. The molecule has 0 aliphatic carbocycles. The van der Waals surface area contributed by atoms with E-state index in [4.69, 9.17) is 5.11 Å². The van der Waals surface area contributed by atoms with Gasteiger partial charge in [-0.1, -0.05) is 0 Å². The lowest BCUT2D eigenvalue weighted by atomic mass is 10.4. The average molecular weight is 220 g/mol. The van der Waals surface area contributed by atoms with Gasteiger partial charge in [0.15, 0.2) is 11.5 Å². The number of aromatic nitrogens is 4. The molecule has 16 heavy (non-hydrogen) atoms. The van der Waals surface area contributed by atoms with Crippen LogP contribution in [0.4, 0.5) is 0 Å². The molecule has 1 N–H and O–H groups in total. The van der Waals surface area contributed by atoms with Crippen LogP contribution >= 0.6 is 0 Å². The highest BCUT2D eigenvalue weighted by atomic mass is 16.4. The lowest BCUT2D eigenvalue weighted by Crippen LogP contribution is -2.03. The van der Waals surface area contributed by atoms with Crippen LogP contribution < -0.4 is 0 Å². The first-order chi connectivity index (χ1) is 7.49. The van der Waals surface area contributed by atoms with Crippen molar-refractivity contribution < 1.29 is 9.90 Å². The van der Waals surface area contributed by atoms with Gasteiger partial charge >= 0.3 is 5.97 Å². The number of aryl methyl sites for hydroxylation is 3. The van der Waals surface area contributed by atoms with E-state index in [2.05, 4.69) is 10.2 Å². The van der Waals surface area contributed by atoms with Crippen molar-refractivity contribution in [3.05, 3.63) is 29.2 Å². The summed E-state index contributed by atoms with van der Waals surface area (Å²) in [5.41, 5.74) is 1.76. The van der Waals surface area contributed by atoms with Crippen LogP contribution in [-0.4, -0.2) is 30.6 Å². The number of carbonyl (C=O) groups is 1. The topological polar surface area (TPSA) is 72.9 Å². The number of nitrogens with zero attached hydrogens (tertiary/aromatic N) is 4. The summed E-state index contributed by atoms with van der Waals surface area (Å²) >= 11 is 0. The molecule has 0 aliphatic rings. The number of hydrogen-bond donors (Lipinski definition) is 1. The third-order valence-corrected chi connectivity index (χ3v) is 2.42. The Labute approximate surface area is 92.1 Å². The number of carboxylic acids is 1. The minimum atomic E-state index is -1.03. The summed E-state index contributed by atoms with van der Waals surface area (Å²) in [6, 6.07) is 3.37. The number of rotatable bonds is 2. The molecule has 6 nitrogen and oxygen atoms in total. The fraction of sp³-hybridized carbons (Fsp3) is 0.300. The minimum Gasteiger partial charge on any atom is -0.476 e. The molecule has 0 spiro atoms. The third kappa shape index (κ3) is 1.58. The van der Waals surface area contributed by atoms with E-state index >= 15 is 0 Å². The number of aromatic carboxylic acids is 1. The second-order valence-electron chi connectivity index (χ2n) is 3.66. The average Bonchev–Trinajstić information content (AvgIpc) is 2.72. The van der Waals surface area contributed by atoms with Gasteiger partial charge in [0.1, 0.15) is 0 Å². The molecule has 0 unspecified atom stereocenters. The fourth-order valence-electron chi connectivity index (χ4n) is 1.46. The predicted octanol–water partition coefficient (Wildman–Crippen LogP) is 0.921. The second kappa shape index (κ2) is 3.48. The first kappa shape index (κ1) is 10.4. The van der Waals surface area contributed by atoms with Crippen LogP contribution in [0.25, 0.3) is 5.82 Å². The third-order valence-electron chi connectivity index (χ3n) is 2.42. The Morgan fingerprint density at radius 3 is 2.38 bits per heavy atom. The van der Waals surface area contributed by atoms with E-state index in [1.165, 1.54) is 10.7 Å². The molecule has 84 valence electrons. The molecule has 2 rings (SSSR count). The van der Waals surface area contributed by atoms with E-state index in [-0.39, 0.29) is 5.69 Å². The van der Waals surface area contributed by atoms with Crippen LogP contribution in [-0.2, 0) is 7.05 Å². The van der Waals surface area contributed by atoms with E-state index in [9.17, 15) is 4.79 Å².